The highest BCUT2D eigenvalue weighted by Crippen LogP contribution is 2.36. The van der Waals surface area contributed by atoms with E-state index in [0.717, 1.165) is 40.7 Å². The molecule has 0 saturated carbocycles. The van der Waals surface area contributed by atoms with Crippen LogP contribution < -0.4 is 20.7 Å². The second-order valence-electron chi connectivity index (χ2n) is 11.6. The number of amides is 2. The maximum absolute atomic E-state index is 14.0. The number of carbonyl (C=O) groups excluding carboxylic acids is 2. The van der Waals surface area contributed by atoms with Crippen LogP contribution >= 0.6 is 23.2 Å². The standard InChI is InChI=1S/C39H35Cl2N3O3/c40-30-17-18-32(34(41)23-30)29-14-12-26(13-15-29)25-44(36-10-3-4-11-37(36)47-31-8-5-6-27(22-31)24-42)39(46)21-20-38(45)43-35-19-16-28-7-1-2-9-33(28)35/h1-15,17-18,22-23,35H,16,19-21,24-25,42H2,(H,43,45). The van der Waals surface area contributed by atoms with E-state index in [1.165, 1.54) is 5.56 Å². The summed E-state index contributed by atoms with van der Waals surface area (Å²) >= 11 is 12.6. The van der Waals surface area contributed by atoms with Crippen LogP contribution in [0.25, 0.3) is 11.1 Å². The fourth-order valence-corrected chi connectivity index (χ4v) is 6.48. The lowest BCUT2D eigenvalue weighted by atomic mass is 10.0. The molecule has 0 radical (unpaired) electrons. The molecule has 1 unspecified atom stereocenters. The number of hydrogen-bond donors (Lipinski definition) is 2. The molecule has 1 aliphatic rings. The van der Waals surface area contributed by atoms with Gasteiger partial charge in [-0.3, -0.25) is 9.59 Å². The summed E-state index contributed by atoms with van der Waals surface area (Å²) in [6.45, 7) is 0.656. The molecule has 6 rings (SSSR count). The Kier molecular flexibility index (Phi) is 10.2. The number of anilines is 1. The number of nitrogens with two attached hydrogens (primary N) is 1. The Morgan fingerprint density at radius 1 is 0.830 bits per heavy atom. The molecule has 1 aliphatic carbocycles. The van der Waals surface area contributed by atoms with Gasteiger partial charge in [-0.15, -0.1) is 0 Å². The Morgan fingerprint density at radius 2 is 1.62 bits per heavy atom. The van der Waals surface area contributed by atoms with Gasteiger partial charge in [0.2, 0.25) is 11.8 Å². The van der Waals surface area contributed by atoms with Crippen molar-refractivity contribution < 1.29 is 14.3 Å². The largest absolute Gasteiger partial charge is 0.455 e. The summed E-state index contributed by atoms with van der Waals surface area (Å²) in [7, 11) is 0. The van der Waals surface area contributed by atoms with E-state index in [9.17, 15) is 9.59 Å². The van der Waals surface area contributed by atoms with Gasteiger partial charge in [-0.1, -0.05) is 102 Å². The van der Waals surface area contributed by atoms with E-state index in [-0.39, 0.29) is 37.2 Å². The Hall–Kier alpha value is -4.62. The number of aryl methyl sites for hydroxylation is 1. The fraction of sp³-hybridized carbons (Fsp3) is 0.179. The Balaban J connectivity index is 1.23. The van der Waals surface area contributed by atoms with Gasteiger partial charge in [0.15, 0.2) is 5.75 Å². The zero-order chi connectivity index (χ0) is 32.8. The molecule has 6 nitrogen and oxygen atoms in total. The molecular formula is C39H35Cl2N3O3. The summed E-state index contributed by atoms with van der Waals surface area (Å²) < 4.78 is 6.31. The number of carbonyl (C=O) groups is 2. The SMILES string of the molecule is NCc1cccc(Oc2ccccc2N(Cc2ccc(-c3ccc(Cl)cc3Cl)cc2)C(=O)CCC(=O)NC2CCc3ccccc32)c1. The molecule has 3 N–H and O–H groups in total. The first-order valence-corrected chi connectivity index (χ1v) is 16.4. The molecule has 0 saturated heterocycles. The first-order valence-electron chi connectivity index (χ1n) is 15.7. The van der Waals surface area contributed by atoms with E-state index < -0.39 is 0 Å². The fourth-order valence-electron chi connectivity index (χ4n) is 5.96. The van der Waals surface area contributed by atoms with Crippen molar-refractivity contribution in [3.8, 4) is 22.6 Å². The smallest absolute Gasteiger partial charge is 0.227 e. The quantitative estimate of drug-likeness (QED) is 0.148. The van der Waals surface area contributed by atoms with Crippen molar-refractivity contribution in [3.63, 3.8) is 0 Å². The molecule has 8 heteroatoms. The van der Waals surface area contributed by atoms with Crippen molar-refractivity contribution in [2.24, 2.45) is 5.73 Å². The van der Waals surface area contributed by atoms with Gasteiger partial charge in [-0.2, -0.15) is 0 Å². The van der Waals surface area contributed by atoms with Crippen LogP contribution in [0.5, 0.6) is 11.5 Å². The molecule has 0 fully saturated rings. The summed E-state index contributed by atoms with van der Waals surface area (Å²) in [5.41, 5.74) is 12.5. The van der Waals surface area contributed by atoms with E-state index in [1.54, 1.807) is 17.0 Å². The molecule has 0 spiro atoms. The molecule has 5 aromatic rings. The van der Waals surface area contributed by atoms with E-state index in [0.29, 0.717) is 33.8 Å². The number of nitrogens with zero attached hydrogens (tertiary/aromatic N) is 1. The average Bonchev–Trinajstić information content (AvgIpc) is 3.49. The average molecular weight is 665 g/mol. The molecule has 0 aliphatic heterocycles. The number of hydrogen-bond acceptors (Lipinski definition) is 4. The molecular weight excluding hydrogens is 629 g/mol. The maximum Gasteiger partial charge on any atom is 0.227 e. The number of halogens is 2. The van der Waals surface area contributed by atoms with Crippen LogP contribution in [0.15, 0.2) is 115 Å². The van der Waals surface area contributed by atoms with Crippen molar-refractivity contribution >= 4 is 40.7 Å². The lowest BCUT2D eigenvalue weighted by Crippen LogP contribution is -2.33. The minimum Gasteiger partial charge on any atom is -0.455 e. The lowest BCUT2D eigenvalue weighted by Gasteiger charge is -2.26. The first-order chi connectivity index (χ1) is 22.9. The molecule has 1 atom stereocenters. The number of nitrogens with one attached hydrogen (secondary N) is 1. The van der Waals surface area contributed by atoms with Gasteiger partial charge in [0, 0.05) is 35.0 Å². The van der Waals surface area contributed by atoms with Gasteiger partial charge < -0.3 is 20.7 Å². The predicted octanol–water partition coefficient (Wildman–Crippen LogP) is 9.03. The van der Waals surface area contributed by atoms with Crippen LogP contribution in [0.2, 0.25) is 10.0 Å². The van der Waals surface area contributed by atoms with Crippen LogP contribution in [0.4, 0.5) is 5.69 Å². The minimum absolute atomic E-state index is 0.0315. The van der Waals surface area contributed by atoms with Crippen LogP contribution in [0.3, 0.4) is 0 Å². The number of para-hydroxylation sites is 2. The van der Waals surface area contributed by atoms with Gasteiger partial charge in [0.25, 0.3) is 0 Å². The van der Waals surface area contributed by atoms with Crippen molar-refractivity contribution in [1.82, 2.24) is 5.32 Å². The molecule has 47 heavy (non-hydrogen) atoms. The maximum atomic E-state index is 14.0. The lowest BCUT2D eigenvalue weighted by molar-refractivity contribution is -0.125. The molecule has 5 aromatic carbocycles. The van der Waals surface area contributed by atoms with Gasteiger partial charge in [0.05, 0.1) is 18.3 Å². The van der Waals surface area contributed by atoms with Gasteiger partial charge in [0.1, 0.15) is 5.75 Å². The number of fused-ring (bicyclic) bond motifs is 1. The molecule has 2 amide bonds. The second-order valence-corrected chi connectivity index (χ2v) is 12.4. The number of benzene rings is 5. The normalized spacial score (nSPS) is 13.6. The third kappa shape index (κ3) is 7.86. The number of ether oxygens (including phenoxy) is 1. The summed E-state index contributed by atoms with van der Waals surface area (Å²) in [5.74, 6) is 0.802. The summed E-state index contributed by atoms with van der Waals surface area (Å²) in [5, 5.41) is 4.27. The highest BCUT2D eigenvalue weighted by molar-refractivity contribution is 6.36. The zero-order valence-electron chi connectivity index (χ0n) is 25.8. The van der Waals surface area contributed by atoms with Crippen molar-refractivity contribution in [3.05, 3.63) is 148 Å². The van der Waals surface area contributed by atoms with Crippen LogP contribution in [0, 0.1) is 0 Å². The van der Waals surface area contributed by atoms with Crippen LogP contribution in [-0.4, -0.2) is 11.8 Å². The van der Waals surface area contributed by atoms with Crippen molar-refractivity contribution in [1.29, 1.82) is 0 Å². The van der Waals surface area contributed by atoms with Gasteiger partial charge in [-0.05, 0) is 77.1 Å². The minimum atomic E-state index is -0.191. The van der Waals surface area contributed by atoms with Crippen LogP contribution in [-0.2, 0) is 29.1 Å². The van der Waals surface area contributed by atoms with E-state index in [2.05, 4.69) is 17.4 Å². The Morgan fingerprint density at radius 3 is 2.43 bits per heavy atom. The molecule has 0 aromatic heterocycles. The monoisotopic (exact) mass is 663 g/mol. The molecule has 0 heterocycles. The summed E-state index contributed by atoms with van der Waals surface area (Å²) in [4.78, 5) is 28.8. The Labute approximate surface area is 285 Å². The van der Waals surface area contributed by atoms with E-state index >= 15 is 0 Å². The highest BCUT2D eigenvalue weighted by Gasteiger charge is 2.25. The first kappa shape index (κ1) is 32.3. The van der Waals surface area contributed by atoms with Crippen LogP contribution in [0.1, 0.15) is 47.6 Å². The number of rotatable bonds is 11. The summed E-state index contributed by atoms with van der Waals surface area (Å²) in [6, 6.07) is 36.4. The van der Waals surface area contributed by atoms with E-state index in [4.69, 9.17) is 33.7 Å². The summed E-state index contributed by atoms with van der Waals surface area (Å²) in [6.07, 6.45) is 1.90. The third-order valence-corrected chi connectivity index (χ3v) is 8.94. The van der Waals surface area contributed by atoms with Gasteiger partial charge >= 0.3 is 0 Å². The topological polar surface area (TPSA) is 84.7 Å². The van der Waals surface area contributed by atoms with Crippen molar-refractivity contribution in [2.75, 3.05) is 4.90 Å². The van der Waals surface area contributed by atoms with Crippen molar-refractivity contribution in [2.45, 2.75) is 44.8 Å². The second kappa shape index (κ2) is 14.9. The van der Waals surface area contributed by atoms with Gasteiger partial charge in [-0.25, -0.2) is 0 Å². The highest BCUT2D eigenvalue weighted by atomic mass is 35.5. The third-order valence-electron chi connectivity index (χ3n) is 8.39. The molecule has 0 bridgehead atoms. The molecule has 238 valence electrons. The van der Waals surface area contributed by atoms with E-state index in [1.807, 2.05) is 91.0 Å². The zero-order valence-corrected chi connectivity index (χ0v) is 27.3. The Bertz CT molecular complexity index is 1890. The predicted molar refractivity (Wildman–Crippen MR) is 189 cm³/mol.